The molecule has 0 heterocycles. The van der Waals surface area contributed by atoms with Crippen LogP contribution >= 0.6 is 0 Å². The number of nitrogens with one attached hydrogen (secondary N) is 1. The van der Waals surface area contributed by atoms with E-state index < -0.39 is 23.8 Å². The van der Waals surface area contributed by atoms with E-state index in [1.54, 1.807) is 6.92 Å². The average molecular weight is 304 g/mol. The molecule has 0 aliphatic carbocycles. The van der Waals surface area contributed by atoms with Crippen molar-refractivity contribution in [3.8, 4) is 5.75 Å². The zero-order valence-corrected chi connectivity index (χ0v) is 12.0. The monoisotopic (exact) mass is 304 g/mol. The summed E-state index contributed by atoms with van der Waals surface area (Å²) < 4.78 is 44.4. The molecule has 4 nitrogen and oxygen atoms in total. The minimum absolute atomic E-state index is 0.200. The highest BCUT2D eigenvalue weighted by Crippen LogP contribution is 2.37. The standard InChI is InChI=1S/C14H19F3N2O2/c1-3-11(13(18)20)21-12-6-5-9(8-19-4-2)7-10(12)14(15,16)17/h5-7,11,19H,3-4,8H2,1-2H3,(H2,18,20). The third-order valence-corrected chi connectivity index (χ3v) is 2.89. The molecule has 0 aromatic heterocycles. The fourth-order valence-electron chi connectivity index (χ4n) is 1.78. The van der Waals surface area contributed by atoms with Gasteiger partial charge in [0.1, 0.15) is 5.75 Å². The van der Waals surface area contributed by atoms with Crippen molar-refractivity contribution in [1.29, 1.82) is 0 Å². The van der Waals surface area contributed by atoms with E-state index >= 15 is 0 Å². The first-order valence-electron chi connectivity index (χ1n) is 6.66. The lowest BCUT2D eigenvalue weighted by Gasteiger charge is -2.19. The molecule has 1 unspecified atom stereocenters. The van der Waals surface area contributed by atoms with Gasteiger partial charge in [-0.2, -0.15) is 13.2 Å². The van der Waals surface area contributed by atoms with Crippen LogP contribution < -0.4 is 15.8 Å². The summed E-state index contributed by atoms with van der Waals surface area (Å²) in [7, 11) is 0. The minimum atomic E-state index is -4.56. The van der Waals surface area contributed by atoms with Crippen LogP contribution in [0.3, 0.4) is 0 Å². The third-order valence-electron chi connectivity index (χ3n) is 2.89. The molecule has 0 saturated carbocycles. The van der Waals surface area contributed by atoms with Gasteiger partial charge in [-0.25, -0.2) is 0 Å². The van der Waals surface area contributed by atoms with Crippen molar-refractivity contribution in [2.45, 2.75) is 39.1 Å². The van der Waals surface area contributed by atoms with Crippen LogP contribution in [0.25, 0.3) is 0 Å². The van der Waals surface area contributed by atoms with Gasteiger partial charge in [-0.3, -0.25) is 4.79 Å². The lowest BCUT2D eigenvalue weighted by Crippen LogP contribution is -2.33. The Morgan fingerprint density at radius 3 is 2.52 bits per heavy atom. The number of hydrogen-bond donors (Lipinski definition) is 2. The first-order valence-corrected chi connectivity index (χ1v) is 6.66. The average Bonchev–Trinajstić information content (AvgIpc) is 2.41. The van der Waals surface area contributed by atoms with E-state index in [1.165, 1.54) is 12.1 Å². The molecule has 0 fully saturated rings. The molecule has 1 amide bonds. The maximum Gasteiger partial charge on any atom is 0.419 e. The van der Waals surface area contributed by atoms with E-state index in [0.717, 1.165) is 6.07 Å². The van der Waals surface area contributed by atoms with Gasteiger partial charge in [0.2, 0.25) is 0 Å². The van der Waals surface area contributed by atoms with Crippen molar-refractivity contribution >= 4 is 5.91 Å². The van der Waals surface area contributed by atoms with Crippen LogP contribution in [0, 0.1) is 0 Å². The van der Waals surface area contributed by atoms with Gasteiger partial charge in [0, 0.05) is 6.54 Å². The summed E-state index contributed by atoms with van der Waals surface area (Å²) in [4.78, 5) is 11.1. The normalized spacial score (nSPS) is 13.0. The highest BCUT2D eigenvalue weighted by molar-refractivity contribution is 5.79. The second-order valence-corrected chi connectivity index (χ2v) is 4.53. The van der Waals surface area contributed by atoms with Gasteiger partial charge >= 0.3 is 6.18 Å². The largest absolute Gasteiger partial charge is 0.480 e. The number of nitrogens with two attached hydrogens (primary N) is 1. The van der Waals surface area contributed by atoms with Gasteiger partial charge in [-0.15, -0.1) is 0 Å². The molecule has 21 heavy (non-hydrogen) atoms. The molecule has 1 aromatic carbocycles. The molecule has 1 aromatic rings. The van der Waals surface area contributed by atoms with Gasteiger partial charge in [-0.1, -0.05) is 19.9 Å². The predicted octanol–water partition coefficient (Wildman–Crippen LogP) is 2.46. The summed E-state index contributed by atoms with van der Waals surface area (Å²) >= 11 is 0. The van der Waals surface area contributed by atoms with Crippen LogP contribution in [0.2, 0.25) is 0 Å². The maximum atomic E-state index is 13.1. The zero-order chi connectivity index (χ0) is 16.0. The van der Waals surface area contributed by atoms with E-state index in [4.69, 9.17) is 10.5 Å². The summed E-state index contributed by atoms with van der Waals surface area (Å²) in [5.74, 6) is -1.17. The predicted molar refractivity (Wildman–Crippen MR) is 72.7 cm³/mol. The number of amides is 1. The Morgan fingerprint density at radius 2 is 2.05 bits per heavy atom. The molecule has 0 aliphatic heterocycles. The molecule has 7 heteroatoms. The highest BCUT2D eigenvalue weighted by Gasteiger charge is 2.35. The molecule has 1 atom stereocenters. The fourth-order valence-corrected chi connectivity index (χ4v) is 1.78. The number of carbonyl (C=O) groups is 1. The number of ether oxygens (including phenoxy) is 1. The van der Waals surface area contributed by atoms with E-state index in [-0.39, 0.29) is 12.2 Å². The van der Waals surface area contributed by atoms with E-state index in [1.807, 2.05) is 6.92 Å². The Labute approximate surface area is 121 Å². The summed E-state index contributed by atoms with van der Waals surface area (Å²) in [5.41, 5.74) is 4.68. The SMILES string of the molecule is CCNCc1ccc(OC(CC)C(N)=O)c(C(F)(F)F)c1. The number of carbonyl (C=O) groups excluding carboxylic acids is 1. The minimum Gasteiger partial charge on any atom is -0.480 e. The van der Waals surface area contributed by atoms with Gasteiger partial charge in [-0.05, 0) is 30.7 Å². The maximum absolute atomic E-state index is 13.1. The summed E-state index contributed by atoms with van der Waals surface area (Å²) in [6.45, 7) is 4.45. The molecule has 0 aliphatic rings. The number of hydrogen-bond acceptors (Lipinski definition) is 3. The smallest absolute Gasteiger partial charge is 0.419 e. The number of rotatable bonds is 7. The van der Waals surface area contributed by atoms with Crippen molar-refractivity contribution < 1.29 is 22.7 Å². The molecule has 118 valence electrons. The van der Waals surface area contributed by atoms with Crippen LogP contribution in [0.15, 0.2) is 18.2 Å². The molecule has 0 saturated heterocycles. The quantitative estimate of drug-likeness (QED) is 0.813. The second kappa shape index (κ2) is 7.31. The number of alkyl halides is 3. The van der Waals surface area contributed by atoms with Crippen molar-refractivity contribution in [2.24, 2.45) is 5.73 Å². The van der Waals surface area contributed by atoms with E-state index in [2.05, 4.69) is 5.32 Å². The van der Waals surface area contributed by atoms with E-state index in [9.17, 15) is 18.0 Å². The first-order chi connectivity index (χ1) is 9.79. The van der Waals surface area contributed by atoms with Crippen molar-refractivity contribution in [2.75, 3.05) is 6.54 Å². The Morgan fingerprint density at radius 1 is 1.38 bits per heavy atom. The molecule has 0 bridgehead atoms. The number of halogens is 3. The van der Waals surface area contributed by atoms with Crippen molar-refractivity contribution in [1.82, 2.24) is 5.32 Å². The molecular formula is C14H19F3N2O2. The Balaban J connectivity index is 3.10. The van der Waals surface area contributed by atoms with Gasteiger partial charge in [0.05, 0.1) is 5.56 Å². The molecule has 0 spiro atoms. The molecule has 0 radical (unpaired) electrons. The van der Waals surface area contributed by atoms with Crippen LogP contribution in [0.1, 0.15) is 31.4 Å². The lowest BCUT2D eigenvalue weighted by atomic mass is 10.1. The van der Waals surface area contributed by atoms with Crippen LogP contribution in [0.5, 0.6) is 5.75 Å². The number of primary amides is 1. The first kappa shape index (κ1) is 17.3. The summed E-state index contributed by atoms with van der Waals surface area (Å²) in [6.07, 6.45) is -5.44. The molecule has 1 rings (SSSR count). The van der Waals surface area contributed by atoms with Crippen LogP contribution in [-0.4, -0.2) is 18.6 Å². The van der Waals surface area contributed by atoms with Gasteiger partial charge < -0.3 is 15.8 Å². The third kappa shape index (κ3) is 4.93. The summed E-state index contributed by atoms with van der Waals surface area (Å²) in [6, 6.07) is 3.77. The van der Waals surface area contributed by atoms with Crippen LogP contribution in [-0.2, 0) is 17.5 Å². The second-order valence-electron chi connectivity index (χ2n) is 4.53. The molecule has 3 N–H and O–H groups in total. The highest BCUT2D eigenvalue weighted by atomic mass is 19.4. The number of benzene rings is 1. The van der Waals surface area contributed by atoms with Crippen molar-refractivity contribution in [3.05, 3.63) is 29.3 Å². The van der Waals surface area contributed by atoms with Gasteiger partial charge in [0.15, 0.2) is 6.10 Å². The van der Waals surface area contributed by atoms with E-state index in [0.29, 0.717) is 18.7 Å². The summed E-state index contributed by atoms with van der Waals surface area (Å²) in [5, 5.41) is 2.95. The molecular weight excluding hydrogens is 285 g/mol. The lowest BCUT2D eigenvalue weighted by molar-refractivity contribution is -0.140. The zero-order valence-electron chi connectivity index (χ0n) is 12.0. The van der Waals surface area contributed by atoms with Crippen LogP contribution in [0.4, 0.5) is 13.2 Å². The Bertz CT molecular complexity index is 490. The Hall–Kier alpha value is -1.76. The van der Waals surface area contributed by atoms with Crippen molar-refractivity contribution in [3.63, 3.8) is 0 Å². The fraction of sp³-hybridized carbons (Fsp3) is 0.500. The Kier molecular flexibility index (Phi) is 6.02. The topological polar surface area (TPSA) is 64.3 Å². The van der Waals surface area contributed by atoms with Gasteiger partial charge in [0.25, 0.3) is 5.91 Å².